The number of piperidine rings is 1. The SMILES string of the molecule is CCNCC1(CN(C)C2CCN(C)CC2)CCC(C)CC1. The lowest BCUT2D eigenvalue weighted by atomic mass is 9.70. The highest BCUT2D eigenvalue weighted by Gasteiger charge is 2.36. The van der Waals surface area contributed by atoms with Crippen LogP contribution in [0, 0.1) is 11.3 Å². The quantitative estimate of drug-likeness (QED) is 0.813. The number of nitrogens with zero attached hydrogens (tertiary/aromatic N) is 2. The summed E-state index contributed by atoms with van der Waals surface area (Å²) in [4.78, 5) is 5.17. The Morgan fingerprint density at radius 3 is 2.33 bits per heavy atom. The van der Waals surface area contributed by atoms with Gasteiger partial charge in [-0.3, -0.25) is 0 Å². The van der Waals surface area contributed by atoms with Crippen molar-refractivity contribution < 1.29 is 0 Å². The zero-order valence-corrected chi connectivity index (χ0v) is 14.8. The third-order valence-corrected chi connectivity index (χ3v) is 5.98. The second-order valence-electron chi connectivity index (χ2n) is 7.91. The molecular weight excluding hydrogens is 258 g/mol. The molecule has 0 aromatic carbocycles. The molecule has 0 unspecified atom stereocenters. The van der Waals surface area contributed by atoms with Crippen LogP contribution in [0.25, 0.3) is 0 Å². The van der Waals surface area contributed by atoms with E-state index in [1.807, 2.05) is 0 Å². The standard InChI is InChI=1S/C18H37N3/c1-5-19-14-18(10-6-16(2)7-11-18)15-21(4)17-8-12-20(3)13-9-17/h16-17,19H,5-15H2,1-4H3. The van der Waals surface area contributed by atoms with E-state index in [4.69, 9.17) is 0 Å². The summed E-state index contributed by atoms with van der Waals surface area (Å²) >= 11 is 0. The molecule has 3 heteroatoms. The van der Waals surface area contributed by atoms with Gasteiger partial charge in [0.2, 0.25) is 0 Å². The Labute approximate surface area is 132 Å². The molecule has 2 fully saturated rings. The highest BCUT2D eigenvalue weighted by Crippen LogP contribution is 2.39. The van der Waals surface area contributed by atoms with Crippen LogP contribution in [-0.2, 0) is 0 Å². The number of nitrogens with one attached hydrogen (secondary N) is 1. The normalized spacial score (nSPS) is 32.7. The van der Waals surface area contributed by atoms with E-state index in [0.29, 0.717) is 5.41 Å². The Kier molecular flexibility index (Phi) is 6.51. The molecule has 2 aliphatic rings. The fraction of sp³-hybridized carbons (Fsp3) is 1.00. The van der Waals surface area contributed by atoms with Crippen molar-refractivity contribution in [2.24, 2.45) is 11.3 Å². The van der Waals surface area contributed by atoms with Gasteiger partial charge in [-0.05, 0) is 70.7 Å². The molecule has 0 amide bonds. The number of hydrogen-bond donors (Lipinski definition) is 1. The topological polar surface area (TPSA) is 18.5 Å². The average Bonchev–Trinajstić information content (AvgIpc) is 2.49. The number of rotatable bonds is 6. The van der Waals surface area contributed by atoms with Gasteiger partial charge in [0, 0.05) is 19.1 Å². The fourth-order valence-corrected chi connectivity index (χ4v) is 4.25. The maximum absolute atomic E-state index is 3.65. The Bertz CT molecular complexity index is 283. The van der Waals surface area contributed by atoms with E-state index >= 15 is 0 Å². The highest BCUT2D eigenvalue weighted by molar-refractivity contribution is 4.90. The van der Waals surface area contributed by atoms with Gasteiger partial charge in [0.15, 0.2) is 0 Å². The van der Waals surface area contributed by atoms with Crippen molar-refractivity contribution >= 4 is 0 Å². The van der Waals surface area contributed by atoms with E-state index in [0.717, 1.165) is 18.5 Å². The fourth-order valence-electron chi connectivity index (χ4n) is 4.25. The predicted molar refractivity (Wildman–Crippen MR) is 91.8 cm³/mol. The molecule has 21 heavy (non-hydrogen) atoms. The van der Waals surface area contributed by atoms with E-state index in [1.54, 1.807) is 0 Å². The van der Waals surface area contributed by atoms with Crippen LogP contribution in [0.5, 0.6) is 0 Å². The first-order chi connectivity index (χ1) is 10.0. The minimum absolute atomic E-state index is 0.528. The molecule has 3 nitrogen and oxygen atoms in total. The molecule has 0 radical (unpaired) electrons. The van der Waals surface area contributed by atoms with Gasteiger partial charge < -0.3 is 15.1 Å². The zero-order valence-electron chi connectivity index (χ0n) is 14.8. The summed E-state index contributed by atoms with van der Waals surface area (Å²) in [5.74, 6) is 0.938. The molecule has 0 aromatic rings. The van der Waals surface area contributed by atoms with Crippen LogP contribution < -0.4 is 5.32 Å². The first-order valence-corrected chi connectivity index (χ1v) is 9.14. The van der Waals surface area contributed by atoms with E-state index in [2.05, 4.69) is 43.1 Å². The minimum Gasteiger partial charge on any atom is -0.316 e. The Morgan fingerprint density at radius 2 is 1.76 bits per heavy atom. The van der Waals surface area contributed by atoms with Crippen LogP contribution in [-0.4, -0.2) is 62.7 Å². The molecular formula is C18H37N3. The van der Waals surface area contributed by atoms with Crippen molar-refractivity contribution in [3.8, 4) is 0 Å². The van der Waals surface area contributed by atoms with E-state index in [-0.39, 0.29) is 0 Å². The summed E-state index contributed by atoms with van der Waals surface area (Å²) in [6.07, 6.45) is 8.37. The third-order valence-electron chi connectivity index (χ3n) is 5.98. The minimum atomic E-state index is 0.528. The molecule has 1 saturated carbocycles. The van der Waals surface area contributed by atoms with Crippen LogP contribution in [0.4, 0.5) is 0 Å². The van der Waals surface area contributed by atoms with Crippen molar-refractivity contribution in [1.29, 1.82) is 0 Å². The van der Waals surface area contributed by atoms with Gasteiger partial charge in [-0.2, -0.15) is 0 Å². The number of likely N-dealkylation sites (tertiary alicyclic amines) is 1. The Hall–Kier alpha value is -0.120. The summed E-state index contributed by atoms with van der Waals surface area (Å²) in [6, 6.07) is 0.805. The van der Waals surface area contributed by atoms with E-state index in [9.17, 15) is 0 Å². The van der Waals surface area contributed by atoms with Gasteiger partial charge in [-0.1, -0.05) is 26.7 Å². The summed E-state index contributed by atoms with van der Waals surface area (Å²) < 4.78 is 0. The van der Waals surface area contributed by atoms with Gasteiger partial charge in [0.05, 0.1) is 0 Å². The third kappa shape index (κ3) is 4.94. The van der Waals surface area contributed by atoms with Crippen molar-refractivity contribution in [2.45, 2.75) is 58.4 Å². The average molecular weight is 296 g/mol. The van der Waals surface area contributed by atoms with E-state index in [1.165, 1.54) is 64.7 Å². The molecule has 1 aliphatic carbocycles. The Balaban J connectivity index is 1.91. The maximum Gasteiger partial charge on any atom is 0.0117 e. The van der Waals surface area contributed by atoms with Crippen LogP contribution in [0.3, 0.4) is 0 Å². The number of hydrogen-bond acceptors (Lipinski definition) is 3. The van der Waals surface area contributed by atoms with Crippen LogP contribution in [0.1, 0.15) is 52.4 Å². The first-order valence-electron chi connectivity index (χ1n) is 9.14. The lowest BCUT2D eigenvalue weighted by Gasteiger charge is -2.45. The molecule has 0 atom stereocenters. The lowest BCUT2D eigenvalue weighted by molar-refractivity contribution is 0.0588. The smallest absolute Gasteiger partial charge is 0.0117 e. The molecule has 2 rings (SSSR count). The summed E-state index contributed by atoms with van der Waals surface area (Å²) in [5.41, 5.74) is 0.528. The van der Waals surface area contributed by atoms with Crippen LogP contribution in [0.2, 0.25) is 0 Å². The van der Waals surface area contributed by atoms with Crippen molar-refractivity contribution in [1.82, 2.24) is 15.1 Å². The molecule has 0 aromatic heterocycles. The Morgan fingerprint density at radius 1 is 1.14 bits per heavy atom. The second-order valence-corrected chi connectivity index (χ2v) is 7.91. The molecule has 1 heterocycles. The highest BCUT2D eigenvalue weighted by atomic mass is 15.2. The maximum atomic E-state index is 3.65. The van der Waals surface area contributed by atoms with Crippen LogP contribution in [0.15, 0.2) is 0 Å². The second kappa shape index (κ2) is 7.94. The lowest BCUT2D eigenvalue weighted by Crippen LogP contribution is -2.50. The predicted octanol–water partition coefficient (Wildman–Crippen LogP) is 2.82. The van der Waals surface area contributed by atoms with Crippen molar-refractivity contribution in [3.63, 3.8) is 0 Å². The summed E-state index contributed by atoms with van der Waals surface area (Å²) in [7, 11) is 4.63. The van der Waals surface area contributed by atoms with Gasteiger partial charge in [-0.15, -0.1) is 0 Å². The zero-order chi connectivity index (χ0) is 15.3. The molecule has 1 N–H and O–H groups in total. The van der Waals surface area contributed by atoms with Crippen molar-refractivity contribution in [3.05, 3.63) is 0 Å². The van der Waals surface area contributed by atoms with Gasteiger partial charge in [-0.25, -0.2) is 0 Å². The molecule has 0 bridgehead atoms. The molecule has 124 valence electrons. The van der Waals surface area contributed by atoms with Crippen LogP contribution >= 0.6 is 0 Å². The monoisotopic (exact) mass is 295 g/mol. The largest absolute Gasteiger partial charge is 0.316 e. The summed E-state index contributed by atoms with van der Waals surface area (Å²) in [5, 5.41) is 3.65. The van der Waals surface area contributed by atoms with E-state index < -0.39 is 0 Å². The first kappa shape index (κ1) is 17.2. The summed E-state index contributed by atoms with van der Waals surface area (Å²) in [6.45, 7) is 10.8. The van der Waals surface area contributed by atoms with Crippen molar-refractivity contribution in [2.75, 3.05) is 46.8 Å². The molecule has 1 aliphatic heterocycles. The van der Waals surface area contributed by atoms with Gasteiger partial charge in [0.1, 0.15) is 0 Å². The molecule has 0 spiro atoms. The van der Waals surface area contributed by atoms with Gasteiger partial charge in [0.25, 0.3) is 0 Å². The van der Waals surface area contributed by atoms with Gasteiger partial charge >= 0.3 is 0 Å². The molecule has 1 saturated heterocycles.